The van der Waals surface area contributed by atoms with E-state index in [0.717, 1.165) is 64.6 Å². The van der Waals surface area contributed by atoms with Gasteiger partial charge in [0.1, 0.15) is 11.5 Å². The fourth-order valence-corrected chi connectivity index (χ4v) is 6.67. The Kier molecular flexibility index (Phi) is 8.65. The lowest BCUT2D eigenvalue weighted by Gasteiger charge is -2.38. The highest BCUT2D eigenvalue weighted by Crippen LogP contribution is 2.57. The quantitative estimate of drug-likeness (QED) is 0.132. The Morgan fingerprint density at radius 1 is 0.773 bits per heavy atom. The number of nitrogens with one attached hydrogen (secondary N) is 1. The van der Waals surface area contributed by atoms with Crippen LogP contribution in [-0.2, 0) is 16.8 Å². The molecule has 0 aliphatic carbocycles. The monoisotopic (exact) mass is 588 g/mol. The number of rotatable bonds is 12. The summed E-state index contributed by atoms with van der Waals surface area (Å²) in [4.78, 5) is 15.8. The summed E-state index contributed by atoms with van der Waals surface area (Å²) in [6, 6.07) is 26.8. The molecule has 2 aliphatic rings. The minimum Gasteiger partial charge on any atom is -0.456 e. The van der Waals surface area contributed by atoms with Crippen molar-refractivity contribution in [3.63, 3.8) is 0 Å². The maximum atomic E-state index is 13.4. The molecule has 44 heavy (non-hydrogen) atoms. The van der Waals surface area contributed by atoms with Gasteiger partial charge in [-0.05, 0) is 80.3 Å². The van der Waals surface area contributed by atoms with E-state index in [1.165, 1.54) is 44.1 Å². The lowest BCUT2D eigenvalue weighted by Crippen LogP contribution is -2.33. The molecule has 6 rings (SSSR count). The van der Waals surface area contributed by atoms with Crippen molar-refractivity contribution in [3.05, 3.63) is 112 Å². The van der Waals surface area contributed by atoms with Gasteiger partial charge in [0.05, 0.1) is 5.56 Å². The van der Waals surface area contributed by atoms with Crippen LogP contribution in [0.25, 0.3) is 0 Å². The van der Waals surface area contributed by atoms with Gasteiger partial charge in [-0.1, -0.05) is 76.3 Å². The Balaban J connectivity index is 1.39. The molecule has 0 saturated carbocycles. The molecule has 1 N–H and O–H groups in total. The number of fused-ring (bicyclic) bond motifs is 6. The van der Waals surface area contributed by atoms with E-state index in [0.29, 0.717) is 11.3 Å². The van der Waals surface area contributed by atoms with Gasteiger partial charge in [0.2, 0.25) is 0 Å². The smallest absolute Gasteiger partial charge is 0.340 e. The summed E-state index contributed by atoms with van der Waals surface area (Å²) in [5, 5.41) is 3.60. The van der Waals surface area contributed by atoms with E-state index in [9.17, 15) is 4.79 Å². The molecule has 4 aromatic carbocycles. The summed E-state index contributed by atoms with van der Waals surface area (Å²) in [7, 11) is 0. The third-order valence-electron chi connectivity index (χ3n) is 9.21. The zero-order valence-corrected chi connectivity index (χ0v) is 26.5. The first kappa shape index (κ1) is 29.8. The van der Waals surface area contributed by atoms with Crippen molar-refractivity contribution in [1.29, 1.82) is 0 Å². The van der Waals surface area contributed by atoms with Crippen LogP contribution in [0, 0.1) is 6.92 Å². The molecule has 0 fully saturated rings. The molecule has 1 atom stereocenters. The molecule has 2 heterocycles. The van der Waals surface area contributed by atoms with Crippen molar-refractivity contribution in [2.75, 3.05) is 23.3 Å². The first-order valence-corrected chi connectivity index (χ1v) is 16.4. The first-order chi connectivity index (χ1) is 21.5. The van der Waals surface area contributed by atoms with Crippen molar-refractivity contribution >= 4 is 23.0 Å². The molecule has 0 bridgehead atoms. The van der Waals surface area contributed by atoms with Gasteiger partial charge in [0.15, 0.2) is 5.60 Å². The number of carbonyl (C=O) groups excluding carboxylic acids is 1. The van der Waals surface area contributed by atoms with Crippen molar-refractivity contribution in [2.45, 2.75) is 78.2 Å². The molecule has 1 spiro atoms. The Hall–Kier alpha value is -4.25. The molecule has 1 unspecified atom stereocenters. The van der Waals surface area contributed by atoms with Gasteiger partial charge < -0.3 is 19.7 Å². The highest BCUT2D eigenvalue weighted by Gasteiger charge is 2.53. The second-order valence-corrected chi connectivity index (χ2v) is 12.1. The lowest BCUT2D eigenvalue weighted by molar-refractivity contribution is 0.0224. The Morgan fingerprint density at radius 3 is 2.30 bits per heavy atom. The maximum Gasteiger partial charge on any atom is 0.340 e. The molecule has 0 aromatic heterocycles. The third kappa shape index (κ3) is 5.45. The predicted octanol–water partition coefficient (Wildman–Crippen LogP) is 10.1. The fourth-order valence-electron chi connectivity index (χ4n) is 6.67. The van der Waals surface area contributed by atoms with Gasteiger partial charge in [0, 0.05) is 52.9 Å². The van der Waals surface area contributed by atoms with Crippen LogP contribution in [0.4, 0.5) is 17.1 Å². The predicted molar refractivity (Wildman–Crippen MR) is 180 cm³/mol. The number of benzene rings is 4. The molecule has 5 nitrogen and oxygen atoms in total. The largest absolute Gasteiger partial charge is 0.456 e. The molecular weight excluding hydrogens is 544 g/mol. The number of nitrogens with zero attached hydrogens (tertiary/aromatic N) is 1. The number of esters is 1. The number of ether oxygens (including phenoxy) is 2. The average molecular weight is 589 g/mol. The van der Waals surface area contributed by atoms with Gasteiger partial charge in [0.25, 0.3) is 0 Å². The Morgan fingerprint density at radius 2 is 1.52 bits per heavy atom. The number of hydrogen-bond acceptors (Lipinski definition) is 5. The van der Waals surface area contributed by atoms with Crippen LogP contribution in [-0.4, -0.2) is 19.1 Å². The zero-order valence-electron chi connectivity index (χ0n) is 26.5. The van der Waals surface area contributed by atoms with Crippen LogP contribution in [0.1, 0.15) is 97.5 Å². The molecule has 2 aliphatic heterocycles. The van der Waals surface area contributed by atoms with E-state index in [2.05, 4.69) is 92.5 Å². The van der Waals surface area contributed by atoms with Crippen LogP contribution in [0.2, 0.25) is 0 Å². The van der Waals surface area contributed by atoms with Crippen molar-refractivity contribution in [1.82, 2.24) is 0 Å². The molecule has 0 saturated heterocycles. The summed E-state index contributed by atoms with van der Waals surface area (Å²) < 4.78 is 13.2. The summed E-state index contributed by atoms with van der Waals surface area (Å²) >= 11 is 0. The van der Waals surface area contributed by atoms with Crippen LogP contribution in [0.15, 0.2) is 78.9 Å². The topological polar surface area (TPSA) is 50.8 Å². The van der Waals surface area contributed by atoms with Gasteiger partial charge >= 0.3 is 5.97 Å². The van der Waals surface area contributed by atoms with Gasteiger partial charge in [-0.25, -0.2) is 4.79 Å². The van der Waals surface area contributed by atoms with Crippen LogP contribution in [0.5, 0.6) is 11.5 Å². The number of aryl methyl sites for hydroxylation is 2. The Labute approximate surface area is 262 Å². The second-order valence-electron chi connectivity index (χ2n) is 12.1. The van der Waals surface area contributed by atoms with E-state index in [1.807, 2.05) is 24.3 Å². The SMILES string of the molecule is CCCCCCCCN(CC)c1ccc2c(c1)Oc1cc(C)c(Nc3ccc(CC)cc3)cc1C21OC(=O)c2ccccc21. The summed E-state index contributed by atoms with van der Waals surface area (Å²) in [5.74, 6) is 1.13. The summed E-state index contributed by atoms with van der Waals surface area (Å²) in [6.45, 7) is 10.6. The minimum atomic E-state index is -1.10. The van der Waals surface area contributed by atoms with Crippen molar-refractivity contribution in [3.8, 4) is 11.5 Å². The summed E-state index contributed by atoms with van der Waals surface area (Å²) in [5.41, 5.74) is 7.46. The van der Waals surface area contributed by atoms with Gasteiger partial charge in [-0.2, -0.15) is 0 Å². The standard InChI is InChI=1S/C39H44N2O3/c1-5-8-9-10-11-14-23-41(7-3)30-21-22-33-37(25-30)43-36-24-27(4)35(40-29-19-17-28(6-2)18-20-29)26-34(36)39(33)32-16-13-12-15-31(32)38(42)44-39/h12-13,15-22,24-26,40H,5-11,14,23H2,1-4H3. The molecule has 5 heteroatoms. The van der Waals surface area contributed by atoms with Gasteiger partial charge in [-0.3, -0.25) is 0 Å². The molecule has 4 aromatic rings. The van der Waals surface area contributed by atoms with Crippen LogP contribution in [0.3, 0.4) is 0 Å². The number of unbranched alkanes of at least 4 members (excludes halogenated alkanes) is 5. The number of anilines is 3. The normalized spacial score (nSPS) is 16.1. The highest BCUT2D eigenvalue weighted by atomic mass is 16.6. The summed E-state index contributed by atoms with van der Waals surface area (Å²) in [6.07, 6.45) is 8.62. The second kappa shape index (κ2) is 12.8. The maximum absolute atomic E-state index is 13.4. The minimum absolute atomic E-state index is 0.313. The lowest BCUT2D eigenvalue weighted by atomic mass is 9.77. The molecule has 0 amide bonds. The number of carbonyl (C=O) groups is 1. The average Bonchev–Trinajstić information content (AvgIpc) is 3.34. The van der Waals surface area contributed by atoms with Crippen LogP contribution >= 0.6 is 0 Å². The van der Waals surface area contributed by atoms with E-state index < -0.39 is 5.60 Å². The molecule has 228 valence electrons. The number of hydrogen-bond donors (Lipinski definition) is 1. The third-order valence-corrected chi connectivity index (χ3v) is 9.21. The Bertz CT molecular complexity index is 1640. The van der Waals surface area contributed by atoms with E-state index in [-0.39, 0.29) is 5.97 Å². The van der Waals surface area contributed by atoms with Crippen molar-refractivity contribution < 1.29 is 14.3 Å². The fraction of sp³-hybridized carbons (Fsp3) is 0.359. The first-order valence-electron chi connectivity index (χ1n) is 16.4. The molecular formula is C39H44N2O3. The van der Waals surface area contributed by atoms with E-state index in [1.54, 1.807) is 0 Å². The molecule has 0 radical (unpaired) electrons. The van der Waals surface area contributed by atoms with E-state index >= 15 is 0 Å². The van der Waals surface area contributed by atoms with Gasteiger partial charge in [-0.15, -0.1) is 0 Å². The van der Waals surface area contributed by atoms with E-state index in [4.69, 9.17) is 9.47 Å². The van der Waals surface area contributed by atoms with Crippen LogP contribution < -0.4 is 15.0 Å². The zero-order chi connectivity index (χ0) is 30.7. The van der Waals surface area contributed by atoms with Crippen molar-refractivity contribution in [2.24, 2.45) is 0 Å². The highest BCUT2D eigenvalue weighted by molar-refractivity contribution is 5.97.